The van der Waals surface area contributed by atoms with Gasteiger partial charge in [0.25, 0.3) is 5.91 Å². The van der Waals surface area contributed by atoms with Crippen molar-refractivity contribution >= 4 is 33.7 Å². The van der Waals surface area contributed by atoms with Gasteiger partial charge in [0.1, 0.15) is 5.69 Å². The zero-order chi connectivity index (χ0) is 18.8. The molecule has 2 aromatic carbocycles. The van der Waals surface area contributed by atoms with Crippen LogP contribution in [0.15, 0.2) is 60.7 Å². The highest BCUT2D eigenvalue weighted by Gasteiger charge is 2.20. The van der Waals surface area contributed by atoms with E-state index in [-0.39, 0.29) is 17.3 Å². The van der Waals surface area contributed by atoms with Gasteiger partial charge in [-0.2, -0.15) is 0 Å². The molecule has 134 valence electrons. The molecule has 0 fully saturated rings. The van der Waals surface area contributed by atoms with E-state index in [1.54, 1.807) is 6.07 Å². The predicted octanol–water partition coefficient (Wildman–Crippen LogP) is 3.43. The number of methoxy groups -OCH3 is 1. The first-order valence-electron chi connectivity index (χ1n) is 8.49. The summed E-state index contributed by atoms with van der Waals surface area (Å²) < 4.78 is 4.79. The SMILES string of the molecule is COC(=O)c1cc2c([nH]c3ccccc32)c(C(=O)NCc2ccccc2)n1. The van der Waals surface area contributed by atoms with Crippen LogP contribution < -0.4 is 5.32 Å². The number of amides is 1. The number of fused-ring (bicyclic) bond motifs is 3. The van der Waals surface area contributed by atoms with Gasteiger partial charge in [-0.25, -0.2) is 9.78 Å². The highest BCUT2D eigenvalue weighted by atomic mass is 16.5. The van der Waals surface area contributed by atoms with Crippen molar-refractivity contribution in [3.8, 4) is 0 Å². The summed E-state index contributed by atoms with van der Waals surface area (Å²) in [4.78, 5) is 32.4. The second-order valence-corrected chi connectivity index (χ2v) is 6.11. The van der Waals surface area contributed by atoms with E-state index >= 15 is 0 Å². The molecule has 0 bridgehead atoms. The molecule has 0 aliphatic carbocycles. The lowest BCUT2D eigenvalue weighted by molar-refractivity contribution is 0.0594. The summed E-state index contributed by atoms with van der Waals surface area (Å²) in [5.74, 6) is -0.944. The Hall–Kier alpha value is -3.67. The largest absolute Gasteiger partial charge is 0.464 e. The average Bonchev–Trinajstić information content (AvgIpc) is 3.10. The number of H-pyrrole nitrogens is 1. The number of rotatable bonds is 4. The maximum Gasteiger partial charge on any atom is 0.356 e. The lowest BCUT2D eigenvalue weighted by atomic mass is 10.1. The first-order valence-corrected chi connectivity index (χ1v) is 8.49. The average molecular weight is 359 g/mol. The van der Waals surface area contributed by atoms with E-state index in [1.165, 1.54) is 7.11 Å². The Morgan fingerprint density at radius 3 is 2.56 bits per heavy atom. The lowest BCUT2D eigenvalue weighted by Gasteiger charge is -2.08. The summed E-state index contributed by atoms with van der Waals surface area (Å²) in [7, 11) is 1.29. The summed E-state index contributed by atoms with van der Waals surface area (Å²) >= 11 is 0. The molecular formula is C21H17N3O3. The lowest BCUT2D eigenvalue weighted by Crippen LogP contribution is -2.25. The van der Waals surface area contributed by atoms with Crippen LogP contribution in [0.5, 0.6) is 0 Å². The van der Waals surface area contributed by atoms with Crippen LogP contribution in [0.4, 0.5) is 0 Å². The van der Waals surface area contributed by atoms with E-state index in [1.807, 2.05) is 54.6 Å². The second-order valence-electron chi connectivity index (χ2n) is 6.11. The van der Waals surface area contributed by atoms with Gasteiger partial charge in [0.05, 0.1) is 12.6 Å². The number of pyridine rings is 1. The second kappa shape index (κ2) is 6.92. The molecule has 0 saturated carbocycles. The number of hydrogen-bond donors (Lipinski definition) is 2. The van der Waals surface area contributed by atoms with Gasteiger partial charge in [-0.1, -0.05) is 48.5 Å². The summed E-state index contributed by atoms with van der Waals surface area (Å²) in [5, 5.41) is 4.53. The fourth-order valence-electron chi connectivity index (χ4n) is 3.08. The number of carbonyl (C=O) groups is 2. The minimum absolute atomic E-state index is 0.0969. The fraction of sp³-hybridized carbons (Fsp3) is 0.0952. The summed E-state index contributed by atoms with van der Waals surface area (Å²) in [6, 6.07) is 18.9. The van der Waals surface area contributed by atoms with E-state index in [0.717, 1.165) is 21.9 Å². The first-order chi connectivity index (χ1) is 13.2. The summed E-state index contributed by atoms with van der Waals surface area (Å²) in [6.07, 6.45) is 0. The molecule has 0 atom stereocenters. The minimum Gasteiger partial charge on any atom is -0.464 e. The number of esters is 1. The maximum atomic E-state index is 12.8. The Labute approximate surface area is 155 Å². The van der Waals surface area contributed by atoms with E-state index in [2.05, 4.69) is 15.3 Å². The first kappa shape index (κ1) is 16.8. The third kappa shape index (κ3) is 3.13. The van der Waals surface area contributed by atoms with E-state index in [4.69, 9.17) is 4.74 Å². The van der Waals surface area contributed by atoms with E-state index < -0.39 is 5.97 Å². The van der Waals surface area contributed by atoms with Crippen LogP contribution in [0.1, 0.15) is 26.5 Å². The molecule has 0 saturated heterocycles. The molecule has 0 aliphatic heterocycles. The molecular weight excluding hydrogens is 342 g/mol. The Kier molecular flexibility index (Phi) is 4.30. The van der Waals surface area contributed by atoms with E-state index in [9.17, 15) is 9.59 Å². The molecule has 6 heteroatoms. The monoisotopic (exact) mass is 359 g/mol. The van der Waals surface area contributed by atoms with Gasteiger partial charge in [0.2, 0.25) is 0 Å². The van der Waals surface area contributed by atoms with Crippen molar-refractivity contribution in [3.05, 3.63) is 77.6 Å². The number of hydrogen-bond acceptors (Lipinski definition) is 4. The molecule has 0 unspecified atom stereocenters. The highest BCUT2D eigenvalue weighted by molar-refractivity contribution is 6.15. The van der Waals surface area contributed by atoms with Crippen LogP contribution in [0.25, 0.3) is 21.8 Å². The standard InChI is InChI=1S/C21H17N3O3/c1-27-21(26)17-11-15-14-9-5-6-10-16(14)23-18(15)19(24-17)20(25)22-12-13-7-3-2-4-8-13/h2-11,23H,12H2,1H3,(H,22,25). The van der Waals surface area contributed by atoms with E-state index in [0.29, 0.717) is 12.1 Å². The number of aromatic nitrogens is 2. The summed E-state index contributed by atoms with van der Waals surface area (Å²) in [6.45, 7) is 0.367. The van der Waals surface area contributed by atoms with Crippen molar-refractivity contribution in [1.82, 2.24) is 15.3 Å². The number of benzene rings is 2. The van der Waals surface area contributed by atoms with Gasteiger partial charge >= 0.3 is 5.97 Å². The number of nitrogens with zero attached hydrogens (tertiary/aromatic N) is 1. The van der Waals surface area contributed by atoms with Crippen LogP contribution in [0.3, 0.4) is 0 Å². The topological polar surface area (TPSA) is 84.1 Å². The Morgan fingerprint density at radius 2 is 1.78 bits per heavy atom. The molecule has 4 rings (SSSR count). The smallest absolute Gasteiger partial charge is 0.356 e. The zero-order valence-corrected chi connectivity index (χ0v) is 14.7. The van der Waals surface area contributed by atoms with Crippen molar-refractivity contribution in [2.75, 3.05) is 7.11 Å². The molecule has 2 aromatic heterocycles. The molecule has 0 aliphatic rings. The van der Waals surface area contributed by atoms with Crippen molar-refractivity contribution in [2.24, 2.45) is 0 Å². The number of nitrogens with one attached hydrogen (secondary N) is 2. The van der Waals surface area contributed by atoms with Gasteiger partial charge < -0.3 is 15.0 Å². The fourth-order valence-corrected chi connectivity index (χ4v) is 3.08. The molecule has 2 N–H and O–H groups in total. The Bertz CT molecular complexity index is 1150. The van der Waals surface area contributed by atoms with Crippen molar-refractivity contribution in [3.63, 3.8) is 0 Å². The highest BCUT2D eigenvalue weighted by Crippen LogP contribution is 2.28. The Morgan fingerprint density at radius 1 is 1.04 bits per heavy atom. The third-order valence-corrected chi connectivity index (χ3v) is 4.40. The number of carbonyl (C=O) groups excluding carboxylic acids is 2. The van der Waals surface area contributed by atoms with Crippen LogP contribution >= 0.6 is 0 Å². The molecule has 6 nitrogen and oxygen atoms in total. The number of ether oxygens (including phenoxy) is 1. The van der Waals surface area contributed by atoms with Crippen molar-refractivity contribution in [1.29, 1.82) is 0 Å². The van der Waals surface area contributed by atoms with Gasteiger partial charge in [-0.3, -0.25) is 4.79 Å². The molecule has 2 heterocycles. The molecule has 1 amide bonds. The quantitative estimate of drug-likeness (QED) is 0.547. The van der Waals surface area contributed by atoms with Crippen LogP contribution in [-0.2, 0) is 11.3 Å². The van der Waals surface area contributed by atoms with Crippen molar-refractivity contribution in [2.45, 2.75) is 6.54 Å². The normalized spacial score (nSPS) is 10.9. The minimum atomic E-state index is -0.584. The molecule has 0 spiro atoms. The third-order valence-electron chi connectivity index (χ3n) is 4.40. The van der Waals surface area contributed by atoms with Gasteiger partial charge in [0.15, 0.2) is 5.69 Å². The van der Waals surface area contributed by atoms with Gasteiger partial charge in [-0.15, -0.1) is 0 Å². The van der Waals surface area contributed by atoms with Crippen LogP contribution in [0, 0.1) is 0 Å². The predicted molar refractivity (Wildman–Crippen MR) is 103 cm³/mol. The van der Waals surface area contributed by atoms with Crippen LogP contribution in [-0.4, -0.2) is 29.0 Å². The van der Waals surface area contributed by atoms with Gasteiger partial charge in [-0.05, 0) is 17.7 Å². The molecule has 4 aromatic rings. The maximum absolute atomic E-state index is 12.8. The number of aromatic amines is 1. The Balaban J connectivity index is 1.80. The molecule has 27 heavy (non-hydrogen) atoms. The van der Waals surface area contributed by atoms with Gasteiger partial charge in [0, 0.05) is 22.8 Å². The van der Waals surface area contributed by atoms with Crippen molar-refractivity contribution < 1.29 is 14.3 Å². The number of para-hydroxylation sites is 1. The zero-order valence-electron chi connectivity index (χ0n) is 14.7. The molecule has 0 radical (unpaired) electrons. The summed E-state index contributed by atoms with van der Waals surface area (Å²) in [5.41, 5.74) is 2.70. The van der Waals surface area contributed by atoms with Crippen LogP contribution in [0.2, 0.25) is 0 Å².